The number of nitrogens with two attached hydrogens (primary N) is 1. The smallest absolute Gasteiger partial charge is 0.125 e. The van der Waals surface area contributed by atoms with Gasteiger partial charge in [-0.3, -0.25) is 0 Å². The molecule has 1 atom stereocenters. The third kappa shape index (κ3) is 2.09. The molecule has 2 rings (SSSR count). The monoisotopic (exact) mass is 220 g/mol. The fourth-order valence-corrected chi connectivity index (χ4v) is 1.46. The number of halogens is 1. The van der Waals surface area contributed by atoms with Crippen LogP contribution in [0.1, 0.15) is 24.2 Å². The summed E-state index contributed by atoms with van der Waals surface area (Å²) in [5.41, 5.74) is 7.85. The minimum absolute atomic E-state index is 0.177. The quantitative estimate of drug-likeness (QED) is 0.838. The van der Waals surface area contributed by atoms with Crippen molar-refractivity contribution in [2.75, 3.05) is 0 Å². The minimum atomic E-state index is -0.284. The van der Waals surface area contributed by atoms with Crippen LogP contribution in [0.4, 0.5) is 4.39 Å². The standard InChI is InChI=1S/C11H13FN4/c1-7-3-9(12)5-10(4-7)16-6-11(8(2)13)14-15-16/h3-6,8H,13H2,1-2H3. The lowest BCUT2D eigenvalue weighted by molar-refractivity contribution is 0.623. The Hall–Kier alpha value is -1.75. The topological polar surface area (TPSA) is 56.7 Å². The molecule has 1 aromatic heterocycles. The predicted octanol–water partition coefficient (Wildman–Crippen LogP) is 1.73. The highest BCUT2D eigenvalue weighted by Gasteiger charge is 2.07. The molecule has 0 aliphatic rings. The van der Waals surface area contributed by atoms with Crippen molar-refractivity contribution in [2.24, 2.45) is 5.73 Å². The average Bonchev–Trinajstić information content (AvgIpc) is 2.64. The molecular weight excluding hydrogens is 207 g/mol. The van der Waals surface area contributed by atoms with Crippen molar-refractivity contribution < 1.29 is 4.39 Å². The van der Waals surface area contributed by atoms with Crippen LogP contribution < -0.4 is 5.73 Å². The summed E-state index contributed by atoms with van der Waals surface area (Å²) in [5, 5.41) is 7.83. The number of hydrogen-bond acceptors (Lipinski definition) is 3. The van der Waals surface area contributed by atoms with Crippen LogP contribution in [0, 0.1) is 12.7 Å². The summed E-state index contributed by atoms with van der Waals surface area (Å²) in [4.78, 5) is 0. The number of rotatable bonds is 2. The van der Waals surface area contributed by atoms with Crippen LogP contribution >= 0.6 is 0 Å². The molecule has 1 heterocycles. The molecule has 0 saturated carbocycles. The second kappa shape index (κ2) is 4.02. The van der Waals surface area contributed by atoms with Gasteiger partial charge in [-0.2, -0.15) is 0 Å². The van der Waals surface area contributed by atoms with Crippen molar-refractivity contribution in [3.8, 4) is 5.69 Å². The zero-order valence-corrected chi connectivity index (χ0v) is 9.18. The first-order valence-corrected chi connectivity index (χ1v) is 5.01. The summed E-state index contributed by atoms with van der Waals surface area (Å²) in [6.07, 6.45) is 1.71. The van der Waals surface area contributed by atoms with Crippen molar-refractivity contribution in [1.29, 1.82) is 0 Å². The van der Waals surface area contributed by atoms with Crippen molar-refractivity contribution in [2.45, 2.75) is 19.9 Å². The zero-order chi connectivity index (χ0) is 11.7. The number of aromatic nitrogens is 3. The van der Waals surface area contributed by atoms with E-state index in [4.69, 9.17) is 5.73 Å². The van der Waals surface area contributed by atoms with Gasteiger partial charge in [-0.15, -0.1) is 5.10 Å². The summed E-state index contributed by atoms with van der Waals surface area (Å²) >= 11 is 0. The van der Waals surface area contributed by atoms with Gasteiger partial charge in [-0.05, 0) is 37.6 Å². The molecule has 2 N–H and O–H groups in total. The first-order valence-electron chi connectivity index (χ1n) is 5.01. The van der Waals surface area contributed by atoms with Gasteiger partial charge >= 0.3 is 0 Å². The second-order valence-corrected chi connectivity index (χ2v) is 3.86. The molecule has 0 fully saturated rings. The fraction of sp³-hybridized carbons (Fsp3) is 0.273. The van der Waals surface area contributed by atoms with Gasteiger partial charge in [-0.1, -0.05) is 5.21 Å². The molecule has 1 aromatic carbocycles. The van der Waals surface area contributed by atoms with E-state index in [-0.39, 0.29) is 11.9 Å². The van der Waals surface area contributed by atoms with Gasteiger partial charge in [0.15, 0.2) is 0 Å². The van der Waals surface area contributed by atoms with Crippen molar-refractivity contribution in [3.05, 3.63) is 41.5 Å². The summed E-state index contributed by atoms with van der Waals surface area (Å²) in [6.45, 7) is 3.65. The zero-order valence-electron chi connectivity index (χ0n) is 9.18. The molecule has 1 unspecified atom stereocenters. The van der Waals surface area contributed by atoms with E-state index in [1.165, 1.54) is 16.8 Å². The van der Waals surface area contributed by atoms with Gasteiger partial charge in [0.1, 0.15) is 5.82 Å². The number of nitrogens with zero attached hydrogens (tertiary/aromatic N) is 3. The fourth-order valence-electron chi connectivity index (χ4n) is 1.46. The van der Waals surface area contributed by atoms with Crippen molar-refractivity contribution in [3.63, 3.8) is 0 Å². The van der Waals surface area contributed by atoms with E-state index in [9.17, 15) is 4.39 Å². The Morgan fingerprint density at radius 1 is 1.38 bits per heavy atom. The third-order valence-corrected chi connectivity index (χ3v) is 2.27. The maximum atomic E-state index is 13.2. The Kier molecular flexibility index (Phi) is 2.70. The van der Waals surface area contributed by atoms with Gasteiger partial charge in [0.2, 0.25) is 0 Å². The van der Waals surface area contributed by atoms with Gasteiger partial charge in [0, 0.05) is 6.04 Å². The van der Waals surface area contributed by atoms with Crippen LogP contribution in [0.3, 0.4) is 0 Å². The Morgan fingerprint density at radius 3 is 2.69 bits per heavy atom. The summed E-state index contributed by atoms with van der Waals surface area (Å²) in [7, 11) is 0. The molecule has 0 amide bonds. The van der Waals surface area contributed by atoms with E-state index < -0.39 is 0 Å². The number of aryl methyl sites for hydroxylation is 1. The molecule has 4 nitrogen and oxygen atoms in total. The van der Waals surface area contributed by atoms with Crippen molar-refractivity contribution in [1.82, 2.24) is 15.0 Å². The lowest BCUT2D eigenvalue weighted by Gasteiger charge is -2.02. The maximum Gasteiger partial charge on any atom is 0.125 e. The van der Waals surface area contributed by atoms with Gasteiger partial charge < -0.3 is 5.73 Å². The average molecular weight is 220 g/mol. The molecule has 16 heavy (non-hydrogen) atoms. The van der Waals surface area contributed by atoms with Crippen molar-refractivity contribution >= 4 is 0 Å². The largest absolute Gasteiger partial charge is 0.323 e. The summed E-state index contributed by atoms with van der Waals surface area (Å²) < 4.78 is 14.7. The SMILES string of the molecule is Cc1cc(F)cc(-n2cc(C(C)N)nn2)c1. The molecule has 0 spiro atoms. The molecule has 84 valence electrons. The molecule has 5 heteroatoms. The summed E-state index contributed by atoms with van der Waals surface area (Å²) in [6, 6.07) is 4.53. The molecule has 0 radical (unpaired) electrons. The number of benzene rings is 1. The van der Waals surface area contributed by atoms with Crippen LogP contribution in [0.5, 0.6) is 0 Å². The Bertz CT molecular complexity index is 484. The maximum absolute atomic E-state index is 13.2. The Balaban J connectivity index is 2.42. The first kappa shape index (κ1) is 10.8. The molecule has 2 aromatic rings. The van der Waals surface area contributed by atoms with E-state index >= 15 is 0 Å². The molecule has 0 saturated heterocycles. The van der Waals surface area contributed by atoms with E-state index in [1.54, 1.807) is 6.20 Å². The molecule has 0 aliphatic heterocycles. The first-order chi connectivity index (χ1) is 7.56. The summed E-state index contributed by atoms with van der Waals surface area (Å²) in [5.74, 6) is -0.284. The Labute approximate surface area is 92.9 Å². The predicted molar refractivity (Wildman–Crippen MR) is 58.7 cm³/mol. The van der Waals surface area contributed by atoms with Crippen LogP contribution in [0.2, 0.25) is 0 Å². The van der Waals surface area contributed by atoms with Gasteiger partial charge in [0.25, 0.3) is 0 Å². The van der Waals surface area contributed by atoms with E-state index in [0.717, 1.165) is 5.56 Å². The number of hydrogen-bond donors (Lipinski definition) is 1. The van der Waals surface area contributed by atoms with Crippen LogP contribution in [-0.2, 0) is 0 Å². The van der Waals surface area contributed by atoms with Gasteiger partial charge in [0.05, 0.1) is 17.6 Å². The normalized spacial score (nSPS) is 12.8. The Morgan fingerprint density at radius 2 is 2.12 bits per heavy atom. The van der Waals surface area contributed by atoms with Crippen LogP contribution in [0.15, 0.2) is 24.4 Å². The lowest BCUT2D eigenvalue weighted by atomic mass is 10.2. The third-order valence-electron chi connectivity index (χ3n) is 2.27. The van der Waals surface area contributed by atoms with E-state index in [1.807, 2.05) is 19.9 Å². The van der Waals surface area contributed by atoms with E-state index in [0.29, 0.717) is 11.4 Å². The lowest BCUT2D eigenvalue weighted by Crippen LogP contribution is -2.04. The molecule has 0 aliphatic carbocycles. The van der Waals surface area contributed by atoms with E-state index in [2.05, 4.69) is 10.3 Å². The van der Waals surface area contributed by atoms with Crippen LogP contribution in [0.25, 0.3) is 5.69 Å². The molecular formula is C11H13FN4. The second-order valence-electron chi connectivity index (χ2n) is 3.86. The van der Waals surface area contributed by atoms with Crippen LogP contribution in [-0.4, -0.2) is 15.0 Å². The molecule has 0 bridgehead atoms. The highest BCUT2D eigenvalue weighted by Crippen LogP contribution is 2.13. The highest BCUT2D eigenvalue weighted by atomic mass is 19.1. The van der Waals surface area contributed by atoms with Gasteiger partial charge in [-0.25, -0.2) is 9.07 Å². The minimum Gasteiger partial charge on any atom is -0.323 e. The highest BCUT2D eigenvalue weighted by molar-refractivity contribution is 5.35.